The van der Waals surface area contributed by atoms with Crippen LogP contribution in [0.15, 0.2) is 42.6 Å². The topological polar surface area (TPSA) is 57.0 Å². The molecule has 0 saturated heterocycles. The minimum absolute atomic E-state index is 0.353. The lowest BCUT2D eigenvalue weighted by Gasteiger charge is -2.11. The molecule has 0 amide bonds. The Labute approximate surface area is 147 Å². The molecule has 0 fully saturated rings. The van der Waals surface area contributed by atoms with Gasteiger partial charge < -0.3 is 4.74 Å². The van der Waals surface area contributed by atoms with E-state index in [4.69, 9.17) is 4.74 Å². The lowest BCUT2D eigenvalue weighted by molar-refractivity contribution is 0.0593. The molecule has 2 heterocycles. The monoisotopic (exact) mass is 335 g/mol. The first-order valence-corrected chi connectivity index (χ1v) is 8.12. The third kappa shape index (κ3) is 3.60. The number of benzene rings is 1. The Morgan fingerprint density at radius 3 is 2.48 bits per heavy atom. The summed E-state index contributed by atoms with van der Waals surface area (Å²) in [7, 11) is 3.28. The molecule has 0 bridgehead atoms. The number of methoxy groups -OCH3 is 1. The molecular weight excluding hydrogens is 314 g/mol. The van der Waals surface area contributed by atoms with Crippen LogP contribution in [-0.2, 0) is 18.2 Å². The summed E-state index contributed by atoms with van der Waals surface area (Å²) in [6, 6.07) is 12.1. The fourth-order valence-corrected chi connectivity index (χ4v) is 2.78. The van der Waals surface area contributed by atoms with Crippen LogP contribution in [0, 0.1) is 13.8 Å². The fourth-order valence-electron chi connectivity index (χ4n) is 2.78. The molecule has 128 valence electrons. The summed E-state index contributed by atoms with van der Waals surface area (Å²) >= 11 is 0. The molecule has 3 rings (SSSR count). The molecule has 0 N–H and O–H groups in total. The fraction of sp³-hybridized carbons (Fsp3) is 0.250. The summed E-state index contributed by atoms with van der Waals surface area (Å²) in [4.78, 5) is 16.1. The van der Waals surface area contributed by atoms with Crippen molar-refractivity contribution in [2.75, 3.05) is 7.11 Å². The first-order valence-electron chi connectivity index (χ1n) is 8.12. The maximum atomic E-state index is 11.8. The number of esters is 1. The normalized spacial score (nSPS) is 10.7. The number of carbonyl (C=O) groups is 1. The first kappa shape index (κ1) is 16.9. The average molecular weight is 335 g/mol. The van der Waals surface area contributed by atoms with Crippen molar-refractivity contribution in [3.05, 3.63) is 70.7 Å². The second-order valence-electron chi connectivity index (χ2n) is 6.12. The Hall–Kier alpha value is -2.95. The van der Waals surface area contributed by atoms with Crippen LogP contribution in [0.4, 0.5) is 0 Å². The molecule has 0 unspecified atom stereocenters. The van der Waals surface area contributed by atoms with Crippen LogP contribution >= 0.6 is 0 Å². The number of pyridine rings is 1. The molecule has 0 spiro atoms. The van der Waals surface area contributed by atoms with Gasteiger partial charge in [-0.2, -0.15) is 5.10 Å². The molecule has 0 saturated carbocycles. The van der Waals surface area contributed by atoms with Gasteiger partial charge in [-0.05, 0) is 49.1 Å². The summed E-state index contributed by atoms with van der Waals surface area (Å²) < 4.78 is 6.59. The highest BCUT2D eigenvalue weighted by molar-refractivity contribution is 5.87. The maximum Gasteiger partial charge on any atom is 0.356 e. The highest BCUT2D eigenvalue weighted by atomic mass is 16.5. The van der Waals surface area contributed by atoms with Crippen LogP contribution in [0.2, 0.25) is 0 Å². The van der Waals surface area contributed by atoms with Crippen molar-refractivity contribution in [1.82, 2.24) is 14.8 Å². The van der Waals surface area contributed by atoms with Gasteiger partial charge in [-0.25, -0.2) is 9.78 Å². The zero-order valence-electron chi connectivity index (χ0n) is 14.9. The molecule has 0 aliphatic heterocycles. The van der Waals surface area contributed by atoms with Gasteiger partial charge in [0, 0.05) is 24.5 Å². The minimum Gasteiger partial charge on any atom is -0.464 e. The molecule has 25 heavy (non-hydrogen) atoms. The molecule has 3 aromatic rings. The maximum absolute atomic E-state index is 11.8. The van der Waals surface area contributed by atoms with Gasteiger partial charge in [-0.3, -0.25) is 4.68 Å². The molecule has 0 aliphatic carbocycles. The van der Waals surface area contributed by atoms with Crippen LogP contribution in [0.3, 0.4) is 0 Å². The van der Waals surface area contributed by atoms with Gasteiger partial charge in [0.2, 0.25) is 0 Å². The van der Waals surface area contributed by atoms with Gasteiger partial charge in [0.15, 0.2) is 0 Å². The van der Waals surface area contributed by atoms with Gasteiger partial charge in [0.1, 0.15) is 5.69 Å². The molecular formula is C20H21N3O2. The zero-order chi connectivity index (χ0) is 18.0. The van der Waals surface area contributed by atoms with E-state index in [-0.39, 0.29) is 0 Å². The molecule has 0 aliphatic rings. The summed E-state index contributed by atoms with van der Waals surface area (Å²) in [6.45, 7) is 3.94. The van der Waals surface area contributed by atoms with Gasteiger partial charge in [-0.1, -0.05) is 24.3 Å². The third-order valence-corrected chi connectivity index (χ3v) is 4.38. The highest BCUT2D eigenvalue weighted by Crippen LogP contribution is 2.21. The van der Waals surface area contributed by atoms with Gasteiger partial charge in [-0.15, -0.1) is 0 Å². The Morgan fingerprint density at radius 2 is 1.88 bits per heavy atom. The van der Waals surface area contributed by atoms with Crippen LogP contribution < -0.4 is 0 Å². The second-order valence-corrected chi connectivity index (χ2v) is 6.12. The smallest absolute Gasteiger partial charge is 0.356 e. The van der Waals surface area contributed by atoms with E-state index in [1.54, 1.807) is 4.68 Å². The summed E-state index contributed by atoms with van der Waals surface area (Å²) in [5.74, 6) is -0.408. The Bertz CT molecular complexity index is 911. The molecule has 5 nitrogen and oxygen atoms in total. The van der Waals surface area contributed by atoms with Crippen molar-refractivity contribution >= 4 is 5.97 Å². The number of aryl methyl sites for hydroxylation is 2. The van der Waals surface area contributed by atoms with Crippen molar-refractivity contribution in [3.8, 4) is 11.3 Å². The minimum atomic E-state index is -0.408. The van der Waals surface area contributed by atoms with Crippen LogP contribution in [0.5, 0.6) is 0 Å². The van der Waals surface area contributed by atoms with E-state index >= 15 is 0 Å². The lowest BCUT2D eigenvalue weighted by Crippen LogP contribution is -2.08. The second kappa shape index (κ2) is 6.89. The van der Waals surface area contributed by atoms with Crippen LogP contribution in [0.25, 0.3) is 11.3 Å². The van der Waals surface area contributed by atoms with E-state index in [1.807, 2.05) is 39.2 Å². The molecule has 2 aromatic heterocycles. The average Bonchev–Trinajstić information content (AvgIpc) is 3.05. The number of aromatic nitrogens is 3. The molecule has 5 heteroatoms. The van der Waals surface area contributed by atoms with Crippen molar-refractivity contribution in [3.63, 3.8) is 0 Å². The number of nitrogens with zero attached hydrogens (tertiary/aromatic N) is 3. The summed E-state index contributed by atoms with van der Waals surface area (Å²) in [5, 5.41) is 4.42. The van der Waals surface area contributed by atoms with E-state index in [2.05, 4.69) is 34.3 Å². The zero-order valence-corrected chi connectivity index (χ0v) is 14.9. The quantitative estimate of drug-likeness (QED) is 0.685. The van der Waals surface area contributed by atoms with Gasteiger partial charge in [0.25, 0.3) is 0 Å². The molecule has 0 radical (unpaired) electrons. The SMILES string of the molecule is COC(=O)c1cc(Cc2ccc(-c3ccn(C)n3)cc2)c(C)c(C)n1. The van der Waals surface area contributed by atoms with Crippen molar-refractivity contribution in [1.29, 1.82) is 0 Å². The number of ether oxygens (including phenoxy) is 1. The van der Waals surface area contributed by atoms with Crippen molar-refractivity contribution in [2.24, 2.45) is 7.05 Å². The Balaban J connectivity index is 1.87. The largest absolute Gasteiger partial charge is 0.464 e. The number of hydrogen-bond acceptors (Lipinski definition) is 4. The van der Waals surface area contributed by atoms with E-state index in [9.17, 15) is 4.79 Å². The number of carbonyl (C=O) groups excluding carboxylic acids is 1. The van der Waals surface area contributed by atoms with E-state index in [1.165, 1.54) is 12.7 Å². The number of rotatable bonds is 4. The summed E-state index contributed by atoms with van der Waals surface area (Å²) in [5.41, 5.74) is 6.60. The Morgan fingerprint density at radius 1 is 1.16 bits per heavy atom. The Kier molecular flexibility index (Phi) is 4.65. The number of hydrogen-bond donors (Lipinski definition) is 0. The van der Waals surface area contributed by atoms with Gasteiger partial charge in [0.05, 0.1) is 12.8 Å². The van der Waals surface area contributed by atoms with Crippen molar-refractivity contribution in [2.45, 2.75) is 20.3 Å². The lowest BCUT2D eigenvalue weighted by atomic mass is 9.98. The molecule has 1 aromatic carbocycles. The van der Waals surface area contributed by atoms with E-state index in [0.29, 0.717) is 5.69 Å². The van der Waals surface area contributed by atoms with E-state index in [0.717, 1.165) is 34.5 Å². The van der Waals surface area contributed by atoms with Crippen LogP contribution in [0.1, 0.15) is 32.9 Å². The highest BCUT2D eigenvalue weighted by Gasteiger charge is 2.13. The van der Waals surface area contributed by atoms with Gasteiger partial charge >= 0.3 is 5.97 Å². The standard InChI is InChI=1S/C20H21N3O2/c1-13-14(2)21-19(20(24)25-4)12-17(13)11-15-5-7-16(8-6-15)18-9-10-23(3)22-18/h5-10,12H,11H2,1-4H3. The summed E-state index contributed by atoms with van der Waals surface area (Å²) in [6.07, 6.45) is 2.67. The first-order chi connectivity index (χ1) is 12.0. The van der Waals surface area contributed by atoms with E-state index < -0.39 is 5.97 Å². The third-order valence-electron chi connectivity index (χ3n) is 4.38. The molecule has 0 atom stereocenters. The van der Waals surface area contributed by atoms with Crippen LogP contribution in [-0.4, -0.2) is 27.8 Å². The predicted molar refractivity (Wildman–Crippen MR) is 96.5 cm³/mol. The van der Waals surface area contributed by atoms with Crippen molar-refractivity contribution < 1.29 is 9.53 Å². The predicted octanol–water partition coefficient (Wildman–Crippen LogP) is 3.48.